The van der Waals surface area contributed by atoms with Gasteiger partial charge in [-0.15, -0.1) is 0 Å². The van der Waals surface area contributed by atoms with Gasteiger partial charge >= 0.3 is 0 Å². The van der Waals surface area contributed by atoms with Gasteiger partial charge in [-0.05, 0) is 30.7 Å². The molecule has 1 N–H and O–H groups in total. The first-order chi connectivity index (χ1) is 8.34. The van der Waals surface area contributed by atoms with Crippen LogP contribution < -0.4 is 5.32 Å². The zero-order valence-corrected chi connectivity index (χ0v) is 10.1. The Labute approximate surface area is 105 Å². The van der Waals surface area contributed by atoms with Gasteiger partial charge in [0.1, 0.15) is 0 Å². The summed E-state index contributed by atoms with van der Waals surface area (Å²) in [5.41, 5.74) is 1.92. The topological polar surface area (TPSA) is 34.1 Å². The number of aromatic nitrogens is 1. The third kappa shape index (κ3) is 2.08. The maximum Gasteiger partial charge on any atom is 0.0908 e. The van der Waals surface area contributed by atoms with Gasteiger partial charge in [0.2, 0.25) is 0 Å². The molecule has 1 aromatic heterocycles. The molecule has 1 aliphatic heterocycles. The number of hydrogen-bond donors (Lipinski definition) is 1. The van der Waals surface area contributed by atoms with Crippen molar-refractivity contribution >= 4 is 28.2 Å². The quantitative estimate of drug-likeness (QED) is 0.887. The SMILES string of the molecule is Clc1ccc(NC2CCOC2)c2cccnc12. The largest absolute Gasteiger partial charge is 0.379 e. The molecule has 0 aliphatic carbocycles. The fourth-order valence-electron chi connectivity index (χ4n) is 2.13. The van der Waals surface area contributed by atoms with Crippen LogP contribution in [0.5, 0.6) is 0 Å². The van der Waals surface area contributed by atoms with E-state index in [2.05, 4.69) is 10.3 Å². The second-order valence-electron chi connectivity index (χ2n) is 4.20. The number of pyridine rings is 1. The van der Waals surface area contributed by atoms with Crippen LogP contribution in [0.1, 0.15) is 6.42 Å². The highest BCUT2D eigenvalue weighted by atomic mass is 35.5. The number of halogens is 1. The molecule has 88 valence electrons. The van der Waals surface area contributed by atoms with Crippen molar-refractivity contribution in [3.63, 3.8) is 0 Å². The molecule has 0 saturated carbocycles. The molecule has 2 aromatic rings. The van der Waals surface area contributed by atoms with E-state index in [1.807, 2.05) is 24.3 Å². The molecule has 0 radical (unpaired) electrons. The summed E-state index contributed by atoms with van der Waals surface area (Å²) in [6, 6.07) is 8.24. The molecule has 0 bridgehead atoms. The van der Waals surface area contributed by atoms with E-state index in [1.54, 1.807) is 6.20 Å². The molecule has 0 spiro atoms. The van der Waals surface area contributed by atoms with E-state index in [4.69, 9.17) is 16.3 Å². The fraction of sp³-hybridized carbons (Fsp3) is 0.308. The molecule has 1 aromatic carbocycles. The van der Waals surface area contributed by atoms with Crippen molar-refractivity contribution in [1.82, 2.24) is 4.98 Å². The third-order valence-electron chi connectivity index (χ3n) is 3.01. The predicted molar refractivity (Wildman–Crippen MR) is 69.6 cm³/mol. The molecule has 1 aliphatic rings. The number of ether oxygens (including phenoxy) is 1. The predicted octanol–water partition coefficient (Wildman–Crippen LogP) is 3.09. The molecule has 3 nitrogen and oxygen atoms in total. The summed E-state index contributed by atoms with van der Waals surface area (Å²) in [5.74, 6) is 0. The molecule has 1 saturated heterocycles. The Morgan fingerprint density at radius 3 is 3.12 bits per heavy atom. The van der Waals surface area contributed by atoms with E-state index >= 15 is 0 Å². The molecule has 17 heavy (non-hydrogen) atoms. The molecule has 0 amide bonds. The Morgan fingerprint density at radius 2 is 2.29 bits per heavy atom. The Morgan fingerprint density at radius 1 is 1.35 bits per heavy atom. The minimum absolute atomic E-state index is 0.389. The zero-order chi connectivity index (χ0) is 11.7. The number of hydrogen-bond acceptors (Lipinski definition) is 3. The highest BCUT2D eigenvalue weighted by molar-refractivity contribution is 6.35. The average Bonchev–Trinajstić information content (AvgIpc) is 2.86. The van der Waals surface area contributed by atoms with E-state index in [0.29, 0.717) is 11.1 Å². The Kier molecular flexibility index (Phi) is 2.87. The first kappa shape index (κ1) is 10.8. The standard InChI is InChI=1S/C13H13ClN2O/c14-11-3-4-12(16-9-5-7-17-8-9)10-2-1-6-15-13(10)11/h1-4,6,9,16H,5,7-8H2. The summed E-state index contributed by atoms with van der Waals surface area (Å²) < 4.78 is 5.36. The molecular weight excluding hydrogens is 236 g/mol. The van der Waals surface area contributed by atoms with Crippen LogP contribution in [0.4, 0.5) is 5.69 Å². The van der Waals surface area contributed by atoms with Crippen molar-refractivity contribution in [2.45, 2.75) is 12.5 Å². The molecule has 4 heteroatoms. The Bertz CT molecular complexity index is 538. The summed E-state index contributed by atoms with van der Waals surface area (Å²) >= 11 is 6.13. The van der Waals surface area contributed by atoms with Crippen LogP contribution in [0.15, 0.2) is 30.5 Å². The van der Waals surface area contributed by atoms with Crippen LogP contribution >= 0.6 is 11.6 Å². The maximum atomic E-state index is 6.13. The fourth-order valence-corrected chi connectivity index (χ4v) is 2.35. The van der Waals surface area contributed by atoms with Crippen molar-refractivity contribution in [2.24, 2.45) is 0 Å². The Balaban J connectivity index is 2.01. The minimum atomic E-state index is 0.389. The number of rotatable bonds is 2. The minimum Gasteiger partial charge on any atom is -0.379 e. The summed E-state index contributed by atoms with van der Waals surface area (Å²) in [4.78, 5) is 4.31. The first-order valence-electron chi connectivity index (χ1n) is 5.72. The van der Waals surface area contributed by atoms with E-state index in [0.717, 1.165) is 36.2 Å². The van der Waals surface area contributed by atoms with E-state index in [9.17, 15) is 0 Å². The number of fused-ring (bicyclic) bond motifs is 1. The van der Waals surface area contributed by atoms with Crippen LogP contribution in [0, 0.1) is 0 Å². The van der Waals surface area contributed by atoms with Crippen molar-refractivity contribution in [1.29, 1.82) is 0 Å². The lowest BCUT2D eigenvalue weighted by Gasteiger charge is -2.14. The number of benzene rings is 1. The highest BCUT2D eigenvalue weighted by Crippen LogP contribution is 2.29. The van der Waals surface area contributed by atoms with Gasteiger partial charge in [-0.3, -0.25) is 4.98 Å². The van der Waals surface area contributed by atoms with Crippen molar-refractivity contribution in [2.75, 3.05) is 18.5 Å². The molecular formula is C13H13ClN2O. The summed E-state index contributed by atoms with van der Waals surface area (Å²) in [6.45, 7) is 1.60. The van der Waals surface area contributed by atoms with Crippen LogP contribution in [-0.2, 0) is 4.74 Å². The second kappa shape index (κ2) is 4.51. The van der Waals surface area contributed by atoms with Gasteiger partial charge < -0.3 is 10.1 Å². The molecule has 3 rings (SSSR count). The third-order valence-corrected chi connectivity index (χ3v) is 3.31. The lowest BCUT2D eigenvalue weighted by molar-refractivity contribution is 0.195. The molecule has 1 fully saturated rings. The number of nitrogens with zero attached hydrogens (tertiary/aromatic N) is 1. The highest BCUT2D eigenvalue weighted by Gasteiger charge is 2.16. The van der Waals surface area contributed by atoms with E-state index < -0.39 is 0 Å². The molecule has 2 heterocycles. The zero-order valence-electron chi connectivity index (χ0n) is 9.32. The van der Waals surface area contributed by atoms with Gasteiger partial charge in [0.15, 0.2) is 0 Å². The molecule has 1 unspecified atom stereocenters. The van der Waals surface area contributed by atoms with Gasteiger partial charge in [-0.1, -0.05) is 11.6 Å². The van der Waals surface area contributed by atoms with Crippen molar-refractivity contribution < 1.29 is 4.74 Å². The summed E-state index contributed by atoms with van der Waals surface area (Å²) in [5, 5.41) is 5.24. The smallest absolute Gasteiger partial charge is 0.0908 e. The maximum absolute atomic E-state index is 6.13. The van der Waals surface area contributed by atoms with Gasteiger partial charge in [0.25, 0.3) is 0 Å². The summed E-state index contributed by atoms with van der Waals surface area (Å²) in [7, 11) is 0. The van der Waals surface area contributed by atoms with Crippen LogP contribution in [0.25, 0.3) is 10.9 Å². The van der Waals surface area contributed by atoms with Gasteiger partial charge in [-0.2, -0.15) is 0 Å². The van der Waals surface area contributed by atoms with E-state index in [-0.39, 0.29) is 0 Å². The van der Waals surface area contributed by atoms with Gasteiger partial charge in [-0.25, -0.2) is 0 Å². The first-order valence-corrected chi connectivity index (χ1v) is 6.10. The number of anilines is 1. The summed E-state index contributed by atoms with van der Waals surface area (Å²) in [6.07, 6.45) is 2.81. The van der Waals surface area contributed by atoms with Crippen LogP contribution in [0.2, 0.25) is 5.02 Å². The Hall–Kier alpha value is -1.32. The van der Waals surface area contributed by atoms with Crippen LogP contribution in [-0.4, -0.2) is 24.2 Å². The van der Waals surface area contributed by atoms with E-state index in [1.165, 1.54) is 0 Å². The average molecular weight is 249 g/mol. The monoisotopic (exact) mass is 248 g/mol. The van der Waals surface area contributed by atoms with Gasteiger partial charge in [0, 0.05) is 23.9 Å². The second-order valence-corrected chi connectivity index (χ2v) is 4.61. The lowest BCUT2D eigenvalue weighted by Crippen LogP contribution is -2.19. The van der Waals surface area contributed by atoms with Crippen molar-refractivity contribution in [3.05, 3.63) is 35.5 Å². The van der Waals surface area contributed by atoms with Crippen molar-refractivity contribution in [3.8, 4) is 0 Å². The van der Waals surface area contributed by atoms with Gasteiger partial charge in [0.05, 0.1) is 23.2 Å². The number of nitrogens with one attached hydrogen (secondary N) is 1. The lowest BCUT2D eigenvalue weighted by atomic mass is 10.1. The normalized spacial score (nSPS) is 19.7. The van der Waals surface area contributed by atoms with Crippen LogP contribution in [0.3, 0.4) is 0 Å². The molecule has 1 atom stereocenters.